The minimum Gasteiger partial charge on any atom is -0.298 e. The lowest BCUT2D eigenvalue weighted by Gasteiger charge is -2.27. The fourth-order valence-corrected chi connectivity index (χ4v) is 4.15. The fraction of sp³-hybridized carbons (Fsp3) is 0.0556. The van der Waals surface area contributed by atoms with Crippen molar-refractivity contribution in [2.45, 2.75) is 4.90 Å². The highest BCUT2D eigenvalue weighted by Gasteiger charge is 2.33. The molecule has 138 valence electrons. The number of nitrogens with one attached hydrogen (secondary N) is 1. The van der Waals surface area contributed by atoms with Gasteiger partial charge in [0.2, 0.25) is 0 Å². The second kappa shape index (κ2) is 7.29. The molecule has 0 spiro atoms. The Hall–Kier alpha value is -3.04. The van der Waals surface area contributed by atoms with Gasteiger partial charge in [0.15, 0.2) is 5.11 Å². The first-order chi connectivity index (χ1) is 12.9. The predicted molar refractivity (Wildman–Crippen MR) is 104 cm³/mol. The number of hydrogen-bond acceptors (Lipinski definition) is 5. The number of aromatic nitrogens is 1. The number of thiocarbonyl (C=S) groups is 1. The monoisotopic (exact) mass is 401 g/mol. The number of carbonyl (C=O) groups is 2. The largest absolute Gasteiger partial charge is 0.298 e. The summed E-state index contributed by atoms with van der Waals surface area (Å²) < 4.78 is 26.7. The van der Waals surface area contributed by atoms with Crippen molar-refractivity contribution in [2.24, 2.45) is 0 Å². The number of benzene rings is 1. The van der Waals surface area contributed by atoms with Gasteiger partial charge in [0.1, 0.15) is 5.57 Å². The summed E-state index contributed by atoms with van der Waals surface area (Å²) in [7, 11) is -3.87. The van der Waals surface area contributed by atoms with E-state index in [4.69, 9.17) is 12.2 Å². The van der Waals surface area contributed by atoms with Crippen LogP contribution in [-0.4, -0.2) is 40.8 Å². The maximum absolute atomic E-state index is 12.8. The third-order valence-electron chi connectivity index (χ3n) is 3.83. The zero-order valence-electron chi connectivity index (χ0n) is 14.0. The van der Waals surface area contributed by atoms with E-state index in [0.29, 0.717) is 0 Å². The summed E-state index contributed by atoms with van der Waals surface area (Å²) in [5.74, 6) is -1.30. The van der Waals surface area contributed by atoms with Crippen molar-refractivity contribution in [1.29, 1.82) is 0 Å². The molecule has 1 aliphatic heterocycles. The molecule has 0 bridgehead atoms. The zero-order chi connectivity index (χ0) is 19.6. The van der Waals surface area contributed by atoms with Crippen molar-refractivity contribution in [3.05, 3.63) is 72.6 Å². The number of carbonyl (C=O) groups excluding carboxylic acids is 2. The summed E-state index contributed by atoms with van der Waals surface area (Å²) in [5, 5.41) is 2.40. The molecule has 1 aromatic heterocycles. The van der Waals surface area contributed by atoms with E-state index in [1.807, 2.05) is 0 Å². The average molecular weight is 401 g/mol. The predicted octanol–water partition coefficient (Wildman–Crippen LogP) is 1.54. The Labute approximate surface area is 161 Å². The highest BCUT2D eigenvalue weighted by atomic mass is 32.2. The van der Waals surface area contributed by atoms with Gasteiger partial charge in [-0.15, -0.1) is 6.58 Å². The van der Waals surface area contributed by atoms with E-state index in [-0.39, 0.29) is 27.8 Å². The van der Waals surface area contributed by atoms with E-state index in [1.165, 1.54) is 47.5 Å². The number of rotatable bonds is 5. The van der Waals surface area contributed by atoms with Gasteiger partial charge < -0.3 is 0 Å². The van der Waals surface area contributed by atoms with Crippen LogP contribution in [-0.2, 0) is 19.6 Å². The van der Waals surface area contributed by atoms with E-state index in [9.17, 15) is 18.0 Å². The molecule has 1 N–H and O–H groups in total. The Bertz CT molecular complexity index is 1070. The van der Waals surface area contributed by atoms with Gasteiger partial charge in [0.25, 0.3) is 21.8 Å². The Morgan fingerprint density at radius 1 is 1.11 bits per heavy atom. The van der Waals surface area contributed by atoms with Gasteiger partial charge in [-0.1, -0.05) is 24.3 Å². The molecule has 2 heterocycles. The summed E-state index contributed by atoms with van der Waals surface area (Å²) in [4.78, 5) is 26.1. The Kier molecular flexibility index (Phi) is 5.06. The first-order valence-electron chi connectivity index (χ1n) is 7.84. The topological polar surface area (TPSA) is 88.5 Å². The molecule has 0 radical (unpaired) electrons. The van der Waals surface area contributed by atoms with Crippen LogP contribution in [0.3, 0.4) is 0 Å². The number of nitrogens with zero attached hydrogens (tertiary/aromatic N) is 2. The molecule has 3 rings (SSSR count). The second-order valence-electron chi connectivity index (χ2n) is 5.57. The highest BCUT2D eigenvalue weighted by molar-refractivity contribution is 7.90. The lowest BCUT2D eigenvalue weighted by atomic mass is 10.1. The summed E-state index contributed by atoms with van der Waals surface area (Å²) in [5.41, 5.74) is -0.0441. The van der Waals surface area contributed by atoms with Gasteiger partial charge in [-0.3, -0.25) is 19.8 Å². The Morgan fingerprint density at radius 3 is 2.48 bits per heavy atom. The molecule has 0 atom stereocenters. The average Bonchev–Trinajstić information content (AvgIpc) is 3.12. The fourth-order valence-electron chi connectivity index (χ4n) is 2.55. The third kappa shape index (κ3) is 3.46. The molecule has 1 aliphatic rings. The molecular weight excluding hydrogens is 386 g/mol. The van der Waals surface area contributed by atoms with Gasteiger partial charge in [-0.2, -0.15) is 0 Å². The molecule has 1 saturated heterocycles. The molecule has 1 fully saturated rings. The van der Waals surface area contributed by atoms with Crippen LogP contribution < -0.4 is 5.32 Å². The lowest BCUT2D eigenvalue weighted by molar-refractivity contribution is -0.128. The van der Waals surface area contributed by atoms with Crippen LogP contribution in [0.15, 0.2) is 71.8 Å². The number of hydrogen-bond donors (Lipinski definition) is 1. The quantitative estimate of drug-likeness (QED) is 0.355. The molecule has 0 unspecified atom stereocenters. The standard InChI is InChI=1S/C18H15N3O4S2/c1-2-10-20-17(23)15(16(22)19-18(20)26)12-13-7-6-11-21(13)27(24,25)14-8-4-3-5-9-14/h2-9,11-12H,1,10H2,(H,19,22,26)/b15-12+. The van der Waals surface area contributed by atoms with Crippen LogP contribution >= 0.6 is 12.2 Å². The normalized spacial score (nSPS) is 16.5. The maximum Gasteiger partial charge on any atom is 0.268 e. The van der Waals surface area contributed by atoms with E-state index in [1.54, 1.807) is 18.2 Å². The maximum atomic E-state index is 12.8. The van der Waals surface area contributed by atoms with E-state index < -0.39 is 21.8 Å². The summed E-state index contributed by atoms with van der Waals surface area (Å²) in [6, 6.07) is 10.9. The van der Waals surface area contributed by atoms with Crippen LogP contribution in [0, 0.1) is 0 Å². The van der Waals surface area contributed by atoms with Crippen molar-refractivity contribution in [2.75, 3.05) is 6.54 Å². The van der Waals surface area contributed by atoms with Crippen molar-refractivity contribution >= 4 is 45.2 Å². The summed E-state index contributed by atoms with van der Waals surface area (Å²) >= 11 is 4.99. The number of amides is 2. The van der Waals surface area contributed by atoms with Crippen molar-refractivity contribution < 1.29 is 18.0 Å². The summed E-state index contributed by atoms with van der Waals surface area (Å²) in [6.45, 7) is 3.68. The van der Waals surface area contributed by atoms with E-state index in [0.717, 1.165) is 3.97 Å². The van der Waals surface area contributed by atoms with E-state index in [2.05, 4.69) is 11.9 Å². The molecule has 0 saturated carbocycles. The summed E-state index contributed by atoms with van der Waals surface area (Å²) in [6.07, 6.45) is 4.06. The van der Waals surface area contributed by atoms with Gasteiger partial charge in [-0.05, 0) is 42.6 Å². The van der Waals surface area contributed by atoms with Gasteiger partial charge in [-0.25, -0.2) is 12.4 Å². The molecular formula is C18H15N3O4S2. The first kappa shape index (κ1) is 18.7. The minimum absolute atomic E-state index is 0.0191. The zero-order valence-corrected chi connectivity index (χ0v) is 15.7. The Morgan fingerprint density at radius 2 is 1.81 bits per heavy atom. The highest BCUT2D eigenvalue weighted by Crippen LogP contribution is 2.20. The lowest BCUT2D eigenvalue weighted by Crippen LogP contribution is -2.53. The molecule has 7 nitrogen and oxygen atoms in total. The van der Waals surface area contributed by atoms with Crippen LogP contribution in [0.25, 0.3) is 6.08 Å². The van der Waals surface area contributed by atoms with Crippen LogP contribution in [0.4, 0.5) is 0 Å². The minimum atomic E-state index is -3.87. The molecule has 0 aliphatic carbocycles. The van der Waals surface area contributed by atoms with Crippen molar-refractivity contribution in [3.63, 3.8) is 0 Å². The molecule has 2 aromatic rings. The van der Waals surface area contributed by atoms with Crippen molar-refractivity contribution in [3.8, 4) is 0 Å². The van der Waals surface area contributed by atoms with Crippen LogP contribution in [0.2, 0.25) is 0 Å². The third-order valence-corrected chi connectivity index (χ3v) is 5.87. The molecule has 27 heavy (non-hydrogen) atoms. The smallest absolute Gasteiger partial charge is 0.268 e. The van der Waals surface area contributed by atoms with Gasteiger partial charge in [0, 0.05) is 12.7 Å². The molecule has 2 amide bonds. The van der Waals surface area contributed by atoms with Crippen LogP contribution in [0.5, 0.6) is 0 Å². The van der Waals surface area contributed by atoms with Crippen molar-refractivity contribution in [1.82, 2.24) is 14.2 Å². The molecule has 9 heteroatoms. The molecule has 1 aromatic carbocycles. The van der Waals surface area contributed by atoms with Gasteiger partial charge >= 0.3 is 0 Å². The van der Waals surface area contributed by atoms with Gasteiger partial charge in [0.05, 0.1) is 10.6 Å². The first-order valence-corrected chi connectivity index (χ1v) is 9.69. The van der Waals surface area contributed by atoms with E-state index >= 15 is 0 Å². The SMILES string of the molecule is C=CCN1C(=O)/C(=C/c2cccn2S(=O)(=O)c2ccccc2)C(=O)NC1=S. The van der Waals surface area contributed by atoms with Crippen LogP contribution in [0.1, 0.15) is 5.69 Å². The Balaban J connectivity index is 2.05. The second-order valence-corrected chi connectivity index (χ2v) is 7.77.